The number of hydrogen-bond acceptors (Lipinski definition) is 2. The molecule has 0 saturated heterocycles. The van der Waals surface area contributed by atoms with Crippen LogP contribution in [0.1, 0.15) is 5.56 Å². The largest absolute Gasteiger partial charge is 0.460 e. The third-order valence-corrected chi connectivity index (χ3v) is 4.24. The molecule has 0 bridgehead atoms. The van der Waals surface area contributed by atoms with E-state index in [0.717, 1.165) is 0 Å². The predicted molar refractivity (Wildman–Crippen MR) is 67.6 cm³/mol. The summed E-state index contributed by atoms with van der Waals surface area (Å²) < 4.78 is 178. The van der Waals surface area contributed by atoms with Crippen molar-refractivity contribution in [3.05, 3.63) is 23.8 Å². The van der Waals surface area contributed by atoms with Crippen LogP contribution in [-0.2, 0) is 5.67 Å². The Balaban J connectivity index is 3.56. The second kappa shape index (κ2) is 6.73. The normalized spacial score (nSPS) is 15.1. The van der Waals surface area contributed by atoms with Gasteiger partial charge in [0.2, 0.25) is 0 Å². The maximum Gasteiger partial charge on any atom is 0.460 e. The van der Waals surface area contributed by atoms with E-state index in [1.807, 2.05) is 0 Å². The molecule has 0 spiro atoms. The number of halogens is 14. The van der Waals surface area contributed by atoms with Gasteiger partial charge >= 0.3 is 35.4 Å². The van der Waals surface area contributed by atoms with Gasteiger partial charge in [0.05, 0.1) is 0 Å². The van der Waals surface area contributed by atoms with E-state index < -0.39 is 69.3 Å². The lowest BCUT2D eigenvalue weighted by atomic mass is 9.94. The molecular formula is C12H5F14NS. The van der Waals surface area contributed by atoms with Gasteiger partial charge in [-0.15, -0.1) is 0 Å². The fourth-order valence-corrected chi connectivity index (χ4v) is 2.58. The molecule has 0 unspecified atom stereocenters. The molecule has 1 nitrogen and oxygen atoms in total. The molecule has 16 heteroatoms. The second-order valence-corrected chi connectivity index (χ2v) is 6.25. The van der Waals surface area contributed by atoms with E-state index in [1.54, 1.807) is 0 Å². The average molecular weight is 461 g/mol. The molecule has 0 aliphatic carbocycles. The molecule has 0 saturated carbocycles. The van der Waals surface area contributed by atoms with Crippen molar-refractivity contribution in [2.75, 3.05) is 5.73 Å². The van der Waals surface area contributed by atoms with Gasteiger partial charge in [-0.1, -0.05) is 6.07 Å². The number of nitrogen functional groups attached to an aromatic ring is 1. The fraction of sp³-hybridized carbons (Fsp3) is 0.500. The van der Waals surface area contributed by atoms with E-state index in [1.165, 1.54) is 0 Å². The van der Waals surface area contributed by atoms with Gasteiger partial charge in [-0.2, -0.15) is 57.1 Å². The van der Waals surface area contributed by atoms with Gasteiger partial charge in [0.15, 0.2) is 0 Å². The van der Waals surface area contributed by atoms with E-state index >= 15 is 0 Å². The Hall–Kier alpha value is -1.61. The van der Waals surface area contributed by atoms with E-state index in [0.29, 0.717) is 0 Å². The van der Waals surface area contributed by atoms with E-state index in [4.69, 9.17) is 5.73 Å². The summed E-state index contributed by atoms with van der Waals surface area (Å²) in [6.07, 6.45) is -20.2. The van der Waals surface area contributed by atoms with Crippen molar-refractivity contribution in [3.63, 3.8) is 0 Å². The number of benzene rings is 1. The maximum absolute atomic E-state index is 13.9. The van der Waals surface area contributed by atoms with Crippen molar-refractivity contribution in [1.82, 2.24) is 0 Å². The second-order valence-electron chi connectivity index (χ2n) is 5.10. The van der Waals surface area contributed by atoms with Gasteiger partial charge in [-0.25, -0.2) is 4.39 Å². The summed E-state index contributed by atoms with van der Waals surface area (Å²) in [5, 5.41) is -6.10. The Kier molecular flexibility index (Phi) is 5.87. The van der Waals surface area contributed by atoms with Gasteiger partial charge in [0.25, 0.3) is 0 Å². The molecule has 0 aliphatic rings. The summed E-state index contributed by atoms with van der Waals surface area (Å²) in [6, 6.07) is -0.826. The number of rotatable bonds is 4. The SMILES string of the molecule is Nc1ccc(C(F)(C(F)(F)F)C(F)(F)F)cc1SC(F)(F)C(F)(F)C(F)(F)F. The van der Waals surface area contributed by atoms with E-state index in [9.17, 15) is 61.5 Å². The van der Waals surface area contributed by atoms with Crippen LogP contribution in [0.4, 0.5) is 67.2 Å². The highest BCUT2D eigenvalue weighted by molar-refractivity contribution is 8.00. The molecule has 1 rings (SSSR count). The van der Waals surface area contributed by atoms with Gasteiger partial charge in [0, 0.05) is 16.1 Å². The average Bonchev–Trinajstić information content (AvgIpc) is 2.44. The zero-order valence-electron chi connectivity index (χ0n) is 12.5. The van der Waals surface area contributed by atoms with Crippen LogP contribution < -0.4 is 5.73 Å². The van der Waals surface area contributed by atoms with Crippen molar-refractivity contribution in [1.29, 1.82) is 0 Å². The van der Waals surface area contributed by atoms with Crippen molar-refractivity contribution < 1.29 is 61.5 Å². The zero-order valence-corrected chi connectivity index (χ0v) is 13.3. The first kappa shape index (κ1) is 24.4. The third-order valence-electron chi connectivity index (χ3n) is 3.15. The molecule has 28 heavy (non-hydrogen) atoms. The summed E-state index contributed by atoms with van der Waals surface area (Å²) in [5.74, 6) is -6.74. The molecule has 2 N–H and O–H groups in total. The van der Waals surface area contributed by atoms with Crippen LogP contribution >= 0.6 is 11.8 Å². The highest BCUT2D eigenvalue weighted by atomic mass is 32.2. The van der Waals surface area contributed by atoms with Crippen molar-refractivity contribution in [3.8, 4) is 0 Å². The monoisotopic (exact) mass is 461 g/mol. The Labute approximate surface area is 149 Å². The molecular weight excluding hydrogens is 456 g/mol. The number of hydrogen-bond donors (Lipinski definition) is 1. The van der Waals surface area contributed by atoms with Crippen molar-refractivity contribution in [2.24, 2.45) is 0 Å². The first-order valence-corrected chi connectivity index (χ1v) is 7.15. The minimum absolute atomic E-state index is 0.0191. The summed E-state index contributed by atoms with van der Waals surface area (Å²) in [6.45, 7) is 0. The smallest absolute Gasteiger partial charge is 0.398 e. The molecule has 0 amide bonds. The van der Waals surface area contributed by atoms with Crippen LogP contribution in [0.3, 0.4) is 0 Å². The lowest BCUT2D eigenvalue weighted by Crippen LogP contribution is -2.50. The van der Waals surface area contributed by atoms with Gasteiger partial charge in [-0.05, 0) is 23.9 Å². The molecule has 1 aromatic carbocycles. The van der Waals surface area contributed by atoms with E-state index in [2.05, 4.69) is 0 Å². The number of anilines is 1. The number of alkyl halides is 14. The molecule has 0 fully saturated rings. The Morgan fingerprint density at radius 1 is 0.643 bits per heavy atom. The molecule has 0 atom stereocenters. The summed E-state index contributed by atoms with van der Waals surface area (Å²) in [4.78, 5) is -1.76. The quantitative estimate of drug-likeness (QED) is 0.317. The number of thioether (sulfide) groups is 1. The van der Waals surface area contributed by atoms with E-state index in [-0.39, 0.29) is 12.1 Å². The first-order valence-electron chi connectivity index (χ1n) is 6.33. The summed E-state index contributed by atoms with van der Waals surface area (Å²) in [7, 11) is 0. The van der Waals surface area contributed by atoms with Gasteiger partial charge < -0.3 is 5.73 Å². The van der Waals surface area contributed by atoms with Crippen LogP contribution in [0.15, 0.2) is 23.1 Å². The Morgan fingerprint density at radius 2 is 1.07 bits per heavy atom. The van der Waals surface area contributed by atoms with Crippen LogP contribution in [0.2, 0.25) is 0 Å². The predicted octanol–water partition coefficient (Wildman–Crippen LogP) is 6.44. The highest BCUT2D eigenvalue weighted by Gasteiger charge is 2.75. The topological polar surface area (TPSA) is 26.0 Å². The third kappa shape index (κ3) is 3.91. The van der Waals surface area contributed by atoms with Crippen LogP contribution in [-0.4, -0.2) is 29.7 Å². The van der Waals surface area contributed by atoms with Crippen molar-refractivity contribution >= 4 is 17.4 Å². The molecule has 0 radical (unpaired) electrons. The summed E-state index contributed by atoms with van der Waals surface area (Å²) in [5.41, 5.74) is -4.78. The summed E-state index contributed by atoms with van der Waals surface area (Å²) >= 11 is -1.77. The standard InChI is InChI=1S/C12H5F14NS/c13-7(9(16,17)18,10(19,20)21)4-1-2-5(27)6(3-4)28-12(25,26)8(14,15)11(22,23)24/h1-3H,27H2. The highest BCUT2D eigenvalue weighted by Crippen LogP contribution is 2.57. The van der Waals surface area contributed by atoms with Crippen LogP contribution in [0, 0.1) is 0 Å². The fourth-order valence-electron chi connectivity index (χ4n) is 1.69. The van der Waals surface area contributed by atoms with Gasteiger partial charge in [-0.3, -0.25) is 0 Å². The Bertz CT molecular complexity index is 703. The minimum atomic E-state index is -6.82. The molecule has 162 valence electrons. The number of nitrogens with two attached hydrogens (primary N) is 1. The lowest BCUT2D eigenvalue weighted by molar-refractivity contribution is -0.348. The first-order chi connectivity index (χ1) is 12.1. The van der Waals surface area contributed by atoms with Crippen LogP contribution in [0.5, 0.6) is 0 Å². The van der Waals surface area contributed by atoms with Gasteiger partial charge in [0.1, 0.15) is 0 Å². The molecule has 0 heterocycles. The maximum atomic E-state index is 13.9. The minimum Gasteiger partial charge on any atom is -0.398 e. The lowest BCUT2D eigenvalue weighted by Gasteiger charge is -2.31. The zero-order chi connectivity index (χ0) is 22.6. The van der Waals surface area contributed by atoms with Crippen molar-refractivity contribution in [2.45, 2.75) is 40.3 Å². The Morgan fingerprint density at radius 3 is 1.43 bits per heavy atom. The molecule has 0 aromatic heterocycles. The van der Waals surface area contributed by atoms with Crippen LogP contribution in [0.25, 0.3) is 0 Å². The molecule has 1 aromatic rings. The molecule has 0 aliphatic heterocycles.